The van der Waals surface area contributed by atoms with Crippen molar-refractivity contribution in [3.05, 3.63) is 70.7 Å². The summed E-state index contributed by atoms with van der Waals surface area (Å²) in [5.41, 5.74) is 9.56. The molecule has 1 aliphatic rings. The van der Waals surface area contributed by atoms with Crippen LogP contribution in [0.25, 0.3) is 11.1 Å². The molecule has 2 heteroatoms. The molecule has 0 amide bonds. The molecule has 1 unspecified atom stereocenters. The zero-order valence-electron chi connectivity index (χ0n) is 19.9. The van der Waals surface area contributed by atoms with Crippen molar-refractivity contribution in [2.45, 2.75) is 73.6 Å². The number of hydrogen-bond donors (Lipinski definition) is 1. The molecule has 1 atom stereocenters. The molecule has 164 valence electrons. The number of aryl methyl sites for hydroxylation is 1. The molecule has 0 aromatic heterocycles. The second-order valence-corrected chi connectivity index (χ2v) is 8.98. The smallest absolute Gasteiger partial charge is 0.124 e. The highest BCUT2D eigenvalue weighted by Crippen LogP contribution is 2.45. The highest BCUT2D eigenvalue weighted by Gasteiger charge is 2.28. The Hall–Kier alpha value is -2.09. The maximum absolute atomic E-state index is 14.6. The van der Waals surface area contributed by atoms with Crippen LogP contribution in [0.5, 0.6) is 0 Å². The first kappa shape index (κ1) is 24.2. The number of rotatable bonds is 11. The minimum Gasteiger partial charge on any atom is -0.388 e. The maximum atomic E-state index is 14.6. The van der Waals surface area contributed by atoms with E-state index < -0.39 is 0 Å². The highest BCUT2D eigenvalue weighted by atomic mass is 19.1. The van der Waals surface area contributed by atoms with Gasteiger partial charge in [0, 0.05) is 6.54 Å². The molecule has 1 aromatic carbocycles. The fourth-order valence-corrected chi connectivity index (χ4v) is 4.09. The van der Waals surface area contributed by atoms with Gasteiger partial charge in [0.2, 0.25) is 0 Å². The second kappa shape index (κ2) is 10.8. The van der Waals surface area contributed by atoms with Crippen molar-refractivity contribution in [2.24, 2.45) is 11.8 Å². The predicted molar refractivity (Wildman–Crippen MR) is 131 cm³/mol. The molecule has 1 fully saturated rings. The Balaban J connectivity index is 2.81. The van der Waals surface area contributed by atoms with Crippen molar-refractivity contribution < 1.29 is 4.39 Å². The predicted octanol–water partition coefficient (Wildman–Crippen LogP) is 8.23. The summed E-state index contributed by atoms with van der Waals surface area (Å²) in [4.78, 5) is 0. The van der Waals surface area contributed by atoms with E-state index in [1.807, 2.05) is 6.92 Å². The molecule has 0 aliphatic heterocycles. The zero-order valence-corrected chi connectivity index (χ0v) is 19.9. The lowest BCUT2D eigenvalue weighted by atomic mass is 9.79. The van der Waals surface area contributed by atoms with Crippen LogP contribution in [0.3, 0.4) is 0 Å². The summed E-state index contributed by atoms with van der Waals surface area (Å²) < 4.78 is 14.6. The molecule has 1 N–H and O–H groups in total. The van der Waals surface area contributed by atoms with Gasteiger partial charge in [0.1, 0.15) is 5.82 Å². The fraction of sp³-hybridized carbons (Fsp3) is 0.500. The van der Waals surface area contributed by atoms with Gasteiger partial charge in [-0.15, -0.1) is 0 Å². The number of hydrogen-bond acceptors (Lipinski definition) is 1. The topological polar surface area (TPSA) is 12.0 Å². The third-order valence-corrected chi connectivity index (χ3v) is 6.58. The van der Waals surface area contributed by atoms with Crippen LogP contribution in [0.15, 0.2) is 48.2 Å². The Morgan fingerprint density at radius 2 is 1.90 bits per heavy atom. The first-order valence-electron chi connectivity index (χ1n) is 11.5. The van der Waals surface area contributed by atoms with Crippen LogP contribution in [0.1, 0.15) is 83.4 Å². The van der Waals surface area contributed by atoms with Crippen LogP contribution in [-0.4, -0.2) is 6.54 Å². The van der Waals surface area contributed by atoms with Gasteiger partial charge in [-0.3, -0.25) is 0 Å². The van der Waals surface area contributed by atoms with Gasteiger partial charge in [-0.2, -0.15) is 0 Å². The van der Waals surface area contributed by atoms with Crippen molar-refractivity contribution in [1.29, 1.82) is 0 Å². The van der Waals surface area contributed by atoms with E-state index in [2.05, 4.69) is 53.1 Å². The van der Waals surface area contributed by atoms with E-state index in [1.54, 1.807) is 18.3 Å². The Labute approximate surface area is 183 Å². The molecule has 0 spiro atoms. The van der Waals surface area contributed by atoms with Crippen LogP contribution in [0.2, 0.25) is 0 Å². The summed E-state index contributed by atoms with van der Waals surface area (Å²) in [6.45, 7) is 22.0. The standard InChI is InChI=1S/C28H40FN/c1-9-18(4)22(8)26-16-24(29)14-20(6)27(26)28(21(7)17-30-11-3)25(19(5)10-2)15-23-12-13-23/h11,14,16,18,23,30H,3,8-10,12-13,15,17H2,1-2,4-7H3/b25-19+,28-21+. The third kappa shape index (κ3) is 5.74. The van der Waals surface area contributed by atoms with Gasteiger partial charge in [-0.05, 0) is 122 Å². The highest BCUT2D eigenvalue weighted by molar-refractivity contribution is 5.90. The summed E-state index contributed by atoms with van der Waals surface area (Å²) in [6, 6.07) is 3.37. The molecule has 0 bridgehead atoms. The van der Waals surface area contributed by atoms with E-state index in [0.717, 1.165) is 54.0 Å². The first-order chi connectivity index (χ1) is 14.2. The van der Waals surface area contributed by atoms with E-state index in [4.69, 9.17) is 0 Å². The molecule has 0 saturated heterocycles. The lowest BCUT2D eigenvalue weighted by Gasteiger charge is -2.26. The van der Waals surface area contributed by atoms with Gasteiger partial charge in [0.05, 0.1) is 0 Å². The number of benzene rings is 1. The number of allylic oxidation sites excluding steroid dienone is 4. The largest absolute Gasteiger partial charge is 0.388 e. The second-order valence-electron chi connectivity index (χ2n) is 8.98. The van der Waals surface area contributed by atoms with Crippen molar-refractivity contribution in [3.8, 4) is 0 Å². The summed E-state index contributed by atoms with van der Waals surface area (Å²) in [7, 11) is 0. The van der Waals surface area contributed by atoms with E-state index in [9.17, 15) is 4.39 Å². The van der Waals surface area contributed by atoms with Gasteiger partial charge in [0.25, 0.3) is 0 Å². The molecule has 1 saturated carbocycles. The van der Waals surface area contributed by atoms with E-state index in [-0.39, 0.29) is 5.82 Å². The van der Waals surface area contributed by atoms with Crippen LogP contribution < -0.4 is 5.32 Å². The first-order valence-corrected chi connectivity index (χ1v) is 11.5. The van der Waals surface area contributed by atoms with Crippen molar-refractivity contribution in [3.63, 3.8) is 0 Å². The molecule has 0 heterocycles. The average molecular weight is 410 g/mol. The van der Waals surface area contributed by atoms with E-state index in [0.29, 0.717) is 5.92 Å². The fourth-order valence-electron chi connectivity index (χ4n) is 4.09. The normalized spacial score (nSPS) is 16.5. The van der Waals surface area contributed by atoms with Gasteiger partial charge in [-0.25, -0.2) is 4.39 Å². The van der Waals surface area contributed by atoms with Gasteiger partial charge >= 0.3 is 0 Å². The number of halogens is 1. The van der Waals surface area contributed by atoms with Crippen LogP contribution in [-0.2, 0) is 0 Å². The zero-order chi connectivity index (χ0) is 22.4. The van der Waals surface area contributed by atoms with Crippen LogP contribution in [0, 0.1) is 24.6 Å². The van der Waals surface area contributed by atoms with Gasteiger partial charge in [-0.1, -0.05) is 39.5 Å². The molecular formula is C28H40FN. The summed E-state index contributed by atoms with van der Waals surface area (Å²) in [5, 5.41) is 3.28. The minimum absolute atomic E-state index is 0.183. The summed E-state index contributed by atoms with van der Waals surface area (Å²) in [5.74, 6) is 0.899. The third-order valence-electron chi connectivity index (χ3n) is 6.58. The van der Waals surface area contributed by atoms with Crippen LogP contribution >= 0.6 is 0 Å². The number of nitrogens with one attached hydrogen (secondary N) is 1. The lowest BCUT2D eigenvalue weighted by molar-refractivity contribution is 0.624. The molecule has 30 heavy (non-hydrogen) atoms. The van der Waals surface area contributed by atoms with Crippen molar-refractivity contribution in [2.75, 3.05) is 6.54 Å². The molecule has 1 nitrogen and oxygen atoms in total. The minimum atomic E-state index is -0.183. The van der Waals surface area contributed by atoms with E-state index >= 15 is 0 Å². The monoisotopic (exact) mass is 409 g/mol. The van der Waals surface area contributed by atoms with Crippen molar-refractivity contribution in [1.82, 2.24) is 5.32 Å². The Morgan fingerprint density at radius 1 is 1.23 bits per heavy atom. The van der Waals surface area contributed by atoms with Gasteiger partial charge < -0.3 is 5.32 Å². The maximum Gasteiger partial charge on any atom is 0.124 e. The van der Waals surface area contributed by atoms with Crippen LogP contribution in [0.4, 0.5) is 4.39 Å². The lowest BCUT2D eigenvalue weighted by Crippen LogP contribution is -2.13. The van der Waals surface area contributed by atoms with Gasteiger partial charge in [0.15, 0.2) is 0 Å². The van der Waals surface area contributed by atoms with Crippen molar-refractivity contribution >= 4 is 11.1 Å². The Morgan fingerprint density at radius 3 is 2.43 bits per heavy atom. The van der Waals surface area contributed by atoms with E-state index in [1.165, 1.54) is 35.1 Å². The molecule has 0 radical (unpaired) electrons. The quantitative estimate of drug-likeness (QED) is 0.363. The molecule has 2 rings (SSSR count). The average Bonchev–Trinajstić information content (AvgIpc) is 3.54. The molecule has 1 aliphatic carbocycles. The Kier molecular flexibility index (Phi) is 8.70. The Bertz CT molecular complexity index is 852. The summed E-state index contributed by atoms with van der Waals surface area (Å²) >= 11 is 0. The molecular weight excluding hydrogens is 369 g/mol. The molecule has 1 aromatic rings. The SMILES string of the molecule is C=CNC/C(C)=C(\C(CC1CC1)=C(/C)CC)c1c(C)cc(F)cc1C(=C)C(C)CC. The summed E-state index contributed by atoms with van der Waals surface area (Å²) in [6.07, 6.45) is 7.48.